The average molecular weight is 255 g/mol. The highest BCUT2D eigenvalue weighted by Crippen LogP contribution is 2.09. The van der Waals surface area contributed by atoms with Gasteiger partial charge in [-0.25, -0.2) is 8.42 Å². The highest BCUT2D eigenvalue weighted by molar-refractivity contribution is 7.91. The van der Waals surface area contributed by atoms with Crippen molar-refractivity contribution in [2.24, 2.45) is 0 Å². The molecule has 96 valence electrons. The Morgan fingerprint density at radius 1 is 1.12 bits per heavy atom. The van der Waals surface area contributed by atoms with Gasteiger partial charge in [0.1, 0.15) is 0 Å². The summed E-state index contributed by atoms with van der Waals surface area (Å²) in [6.07, 6.45) is 2.06. The molecule has 1 N–H and O–H groups in total. The minimum Gasteiger partial charge on any atom is -0.313 e. The minimum absolute atomic E-state index is 0.160. The van der Waals surface area contributed by atoms with E-state index in [9.17, 15) is 8.42 Å². The van der Waals surface area contributed by atoms with Crippen molar-refractivity contribution in [1.29, 1.82) is 0 Å². The van der Waals surface area contributed by atoms with Crippen LogP contribution in [-0.4, -0.2) is 26.8 Å². The zero-order valence-corrected chi connectivity index (χ0v) is 11.3. The predicted molar refractivity (Wildman–Crippen MR) is 70.9 cm³/mol. The second-order valence-corrected chi connectivity index (χ2v) is 6.21. The molecule has 0 atom stereocenters. The number of hydrogen-bond acceptors (Lipinski definition) is 3. The van der Waals surface area contributed by atoms with E-state index in [1.54, 1.807) is 24.3 Å². The van der Waals surface area contributed by atoms with E-state index < -0.39 is 9.84 Å². The van der Waals surface area contributed by atoms with E-state index >= 15 is 0 Å². The molecule has 0 unspecified atom stereocenters. The lowest BCUT2D eigenvalue weighted by molar-refractivity contribution is 0.497. The number of sulfone groups is 1. The van der Waals surface area contributed by atoms with Gasteiger partial charge < -0.3 is 5.32 Å². The fourth-order valence-electron chi connectivity index (χ4n) is 1.72. The van der Waals surface area contributed by atoms with Crippen molar-refractivity contribution in [3.63, 3.8) is 0 Å². The van der Waals surface area contributed by atoms with E-state index in [0.29, 0.717) is 17.5 Å². The molecule has 0 aliphatic heterocycles. The summed E-state index contributed by atoms with van der Waals surface area (Å²) in [4.78, 5) is 0.409. The molecule has 0 aromatic heterocycles. The summed E-state index contributed by atoms with van der Waals surface area (Å²) in [5.74, 6) is 0.160. The van der Waals surface area contributed by atoms with Crippen molar-refractivity contribution < 1.29 is 8.42 Å². The van der Waals surface area contributed by atoms with Gasteiger partial charge in [0.05, 0.1) is 10.6 Å². The number of rotatable bonds is 7. The first-order valence-corrected chi connectivity index (χ1v) is 7.76. The van der Waals surface area contributed by atoms with Gasteiger partial charge in [-0.05, 0) is 25.0 Å². The topological polar surface area (TPSA) is 46.2 Å². The lowest BCUT2D eigenvalue weighted by Crippen LogP contribution is -2.32. The Bertz CT molecular complexity index is 410. The molecular weight excluding hydrogens is 234 g/mol. The van der Waals surface area contributed by atoms with Gasteiger partial charge >= 0.3 is 0 Å². The molecule has 0 bridgehead atoms. The molecule has 0 radical (unpaired) electrons. The largest absolute Gasteiger partial charge is 0.313 e. The molecule has 0 fully saturated rings. The predicted octanol–water partition coefficient (Wildman–Crippen LogP) is 2.24. The summed E-state index contributed by atoms with van der Waals surface area (Å²) in [5, 5.41) is 3.27. The molecule has 1 aromatic rings. The third-order valence-electron chi connectivity index (χ3n) is 2.89. The summed E-state index contributed by atoms with van der Waals surface area (Å²) in [6, 6.07) is 9.03. The lowest BCUT2D eigenvalue weighted by Gasteiger charge is -2.14. The van der Waals surface area contributed by atoms with Crippen LogP contribution in [0.15, 0.2) is 35.2 Å². The van der Waals surface area contributed by atoms with Crippen LogP contribution >= 0.6 is 0 Å². The lowest BCUT2D eigenvalue weighted by atomic mass is 10.2. The fourth-order valence-corrected chi connectivity index (χ4v) is 2.91. The van der Waals surface area contributed by atoms with E-state index in [-0.39, 0.29) is 5.75 Å². The van der Waals surface area contributed by atoms with Crippen molar-refractivity contribution in [2.45, 2.75) is 37.6 Å². The molecule has 0 spiro atoms. The maximum Gasteiger partial charge on any atom is 0.179 e. The SMILES string of the molecule is CCC(CC)NCCS(=O)(=O)c1ccccc1. The van der Waals surface area contributed by atoms with Crippen LogP contribution in [0.4, 0.5) is 0 Å². The van der Waals surface area contributed by atoms with Crippen LogP contribution in [0.5, 0.6) is 0 Å². The Morgan fingerprint density at radius 2 is 1.71 bits per heavy atom. The molecular formula is C13H21NO2S. The maximum atomic E-state index is 12.0. The Balaban J connectivity index is 2.52. The maximum absolute atomic E-state index is 12.0. The van der Waals surface area contributed by atoms with Crippen LogP contribution in [0.1, 0.15) is 26.7 Å². The normalized spacial score (nSPS) is 11.9. The fraction of sp³-hybridized carbons (Fsp3) is 0.538. The standard InChI is InChI=1S/C13H21NO2S/c1-3-12(4-2)14-10-11-17(15,16)13-8-6-5-7-9-13/h5-9,12,14H,3-4,10-11H2,1-2H3. The van der Waals surface area contributed by atoms with Gasteiger partial charge in [-0.3, -0.25) is 0 Å². The van der Waals surface area contributed by atoms with Gasteiger partial charge in [0.15, 0.2) is 9.84 Å². The van der Waals surface area contributed by atoms with Crippen LogP contribution in [0.3, 0.4) is 0 Å². The second-order valence-electron chi connectivity index (χ2n) is 4.10. The van der Waals surface area contributed by atoms with Gasteiger partial charge in [0.2, 0.25) is 0 Å². The molecule has 0 aliphatic rings. The Morgan fingerprint density at radius 3 is 2.24 bits per heavy atom. The summed E-state index contributed by atoms with van der Waals surface area (Å²) in [6.45, 7) is 4.73. The van der Waals surface area contributed by atoms with Crippen molar-refractivity contribution >= 4 is 9.84 Å². The van der Waals surface area contributed by atoms with Crippen LogP contribution in [0.2, 0.25) is 0 Å². The van der Waals surface area contributed by atoms with Gasteiger partial charge in [0, 0.05) is 12.6 Å². The highest BCUT2D eigenvalue weighted by Gasteiger charge is 2.13. The van der Waals surface area contributed by atoms with Gasteiger partial charge in [0.25, 0.3) is 0 Å². The summed E-state index contributed by atoms with van der Waals surface area (Å²) >= 11 is 0. The molecule has 1 rings (SSSR count). The smallest absolute Gasteiger partial charge is 0.179 e. The molecule has 1 aromatic carbocycles. The van der Waals surface area contributed by atoms with Crippen LogP contribution in [0.25, 0.3) is 0 Å². The van der Waals surface area contributed by atoms with Crippen molar-refractivity contribution in [2.75, 3.05) is 12.3 Å². The highest BCUT2D eigenvalue weighted by atomic mass is 32.2. The average Bonchev–Trinajstić information content (AvgIpc) is 2.36. The molecule has 0 aliphatic carbocycles. The molecule has 0 amide bonds. The Labute approximate surface area is 104 Å². The van der Waals surface area contributed by atoms with Gasteiger partial charge in [-0.15, -0.1) is 0 Å². The zero-order chi connectivity index (χ0) is 12.7. The van der Waals surface area contributed by atoms with Gasteiger partial charge in [-0.2, -0.15) is 0 Å². The molecule has 0 saturated carbocycles. The van der Waals surface area contributed by atoms with Gasteiger partial charge in [-0.1, -0.05) is 32.0 Å². The van der Waals surface area contributed by atoms with E-state index in [1.807, 2.05) is 6.07 Å². The van der Waals surface area contributed by atoms with E-state index in [1.165, 1.54) is 0 Å². The zero-order valence-electron chi connectivity index (χ0n) is 10.5. The van der Waals surface area contributed by atoms with Crippen molar-refractivity contribution in [1.82, 2.24) is 5.32 Å². The minimum atomic E-state index is -3.13. The third-order valence-corrected chi connectivity index (χ3v) is 4.62. The van der Waals surface area contributed by atoms with E-state index in [2.05, 4.69) is 19.2 Å². The summed E-state index contributed by atoms with van der Waals surface area (Å²) < 4.78 is 23.9. The molecule has 0 saturated heterocycles. The third kappa shape index (κ3) is 4.48. The second kappa shape index (κ2) is 6.77. The Hall–Kier alpha value is -0.870. The first-order valence-electron chi connectivity index (χ1n) is 6.11. The van der Waals surface area contributed by atoms with Crippen molar-refractivity contribution in [3.05, 3.63) is 30.3 Å². The molecule has 0 heterocycles. The summed E-state index contributed by atoms with van der Waals surface area (Å²) in [5.41, 5.74) is 0. The molecule has 4 heteroatoms. The Kier molecular flexibility index (Phi) is 5.65. The quantitative estimate of drug-likeness (QED) is 0.812. The van der Waals surface area contributed by atoms with Crippen LogP contribution in [0, 0.1) is 0 Å². The number of hydrogen-bond donors (Lipinski definition) is 1. The van der Waals surface area contributed by atoms with Crippen molar-refractivity contribution in [3.8, 4) is 0 Å². The number of benzene rings is 1. The molecule has 3 nitrogen and oxygen atoms in total. The van der Waals surface area contributed by atoms with E-state index in [4.69, 9.17) is 0 Å². The molecule has 17 heavy (non-hydrogen) atoms. The first-order chi connectivity index (χ1) is 8.10. The number of nitrogens with one attached hydrogen (secondary N) is 1. The van der Waals surface area contributed by atoms with Crippen LogP contribution < -0.4 is 5.32 Å². The van der Waals surface area contributed by atoms with E-state index in [0.717, 1.165) is 12.8 Å². The van der Waals surface area contributed by atoms with Crippen LogP contribution in [-0.2, 0) is 9.84 Å². The monoisotopic (exact) mass is 255 g/mol. The first kappa shape index (κ1) is 14.2. The summed E-state index contributed by atoms with van der Waals surface area (Å²) in [7, 11) is -3.13.